The summed E-state index contributed by atoms with van der Waals surface area (Å²) >= 11 is 5.51. The lowest BCUT2D eigenvalue weighted by Gasteiger charge is -2.43. The molecule has 3 nitrogen and oxygen atoms in total. The molecule has 1 aromatic carbocycles. The van der Waals surface area contributed by atoms with Crippen molar-refractivity contribution < 1.29 is 13.2 Å². The number of hydrogen-bond donors (Lipinski definition) is 1. The molecule has 7 heteroatoms. The van der Waals surface area contributed by atoms with Crippen LogP contribution in [0.3, 0.4) is 0 Å². The van der Waals surface area contributed by atoms with Gasteiger partial charge < -0.3 is 10.2 Å². The number of fused-ring (bicyclic) bond motifs is 1. The molecule has 1 saturated carbocycles. The van der Waals surface area contributed by atoms with Gasteiger partial charge in [-0.3, -0.25) is 4.98 Å². The Hall–Kier alpha value is -2.15. The van der Waals surface area contributed by atoms with Crippen molar-refractivity contribution in [2.75, 3.05) is 23.3 Å². The third-order valence-electron chi connectivity index (χ3n) is 6.36. The number of piperidine rings is 1. The quantitative estimate of drug-likeness (QED) is 0.582. The van der Waals surface area contributed by atoms with Crippen molar-refractivity contribution in [3.8, 4) is 0 Å². The van der Waals surface area contributed by atoms with E-state index in [1.54, 1.807) is 18.3 Å². The fraction of sp³-hybridized carbons (Fsp3) is 0.478. The van der Waals surface area contributed by atoms with Crippen LogP contribution in [0.25, 0.3) is 0 Å². The first-order chi connectivity index (χ1) is 14.3. The van der Waals surface area contributed by atoms with Crippen LogP contribution < -0.4 is 10.2 Å². The number of thiocarbonyl (C=S) groups is 1. The van der Waals surface area contributed by atoms with E-state index in [1.807, 2.05) is 13.0 Å². The van der Waals surface area contributed by atoms with E-state index in [0.717, 1.165) is 42.4 Å². The highest BCUT2D eigenvalue weighted by Crippen LogP contribution is 2.41. The molecule has 1 aromatic heterocycles. The Balaban J connectivity index is 1.63. The number of nitrogens with zero attached hydrogens (tertiary/aromatic N) is 2. The highest BCUT2D eigenvalue weighted by Gasteiger charge is 2.34. The molecular formula is C23H26F3N3S. The molecular weight excluding hydrogens is 407 g/mol. The minimum Gasteiger partial charge on any atom is -0.370 e. The second kappa shape index (κ2) is 8.53. The van der Waals surface area contributed by atoms with Crippen LogP contribution in [0.1, 0.15) is 48.9 Å². The number of aromatic nitrogens is 1. The summed E-state index contributed by atoms with van der Waals surface area (Å²) in [5, 5.41) is 3.10. The van der Waals surface area contributed by atoms with Gasteiger partial charge in [-0.15, -0.1) is 0 Å². The average molecular weight is 434 g/mol. The van der Waals surface area contributed by atoms with Crippen molar-refractivity contribution in [1.82, 2.24) is 4.98 Å². The Morgan fingerprint density at radius 3 is 2.60 bits per heavy atom. The van der Waals surface area contributed by atoms with Crippen molar-refractivity contribution >= 4 is 28.6 Å². The van der Waals surface area contributed by atoms with Crippen molar-refractivity contribution in [2.24, 2.45) is 11.8 Å². The maximum atomic E-state index is 13.4. The average Bonchev–Trinajstić information content (AvgIpc) is 2.72. The molecule has 2 heterocycles. The molecule has 0 spiro atoms. The second-order valence-corrected chi connectivity index (χ2v) is 8.82. The Kier molecular flexibility index (Phi) is 6.00. The number of rotatable bonds is 3. The van der Waals surface area contributed by atoms with Gasteiger partial charge in [0, 0.05) is 30.5 Å². The highest BCUT2D eigenvalue weighted by molar-refractivity contribution is 7.81. The van der Waals surface area contributed by atoms with Gasteiger partial charge in [-0.2, -0.15) is 13.2 Å². The van der Waals surface area contributed by atoms with Gasteiger partial charge in [-0.25, -0.2) is 0 Å². The first-order valence-electron chi connectivity index (χ1n) is 10.5. The van der Waals surface area contributed by atoms with E-state index in [-0.39, 0.29) is 0 Å². The summed E-state index contributed by atoms with van der Waals surface area (Å²) in [5.41, 5.74) is 2.08. The third kappa shape index (κ3) is 4.61. The molecule has 0 amide bonds. The van der Waals surface area contributed by atoms with Crippen LogP contribution in [0, 0.1) is 18.8 Å². The minimum absolute atomic E-state index is 0.397. The van der Waals surface area contributed by atoms with E-state index < -0.39 is 11.7 Å². The van der Waals surface area contributed by atoms with Crippen molar-refractivity contribution in [2.45, 2.75) is 45.2 Å². The van der Waals surface area contributed by atoms with Crippen molar-refractivity contribution in [1.29, 1.82) is 0 Å². The Labute approximate surface area is 180 Å². The molecule has 2 aliphatic rings. The Morgan fingerprint density at radius 2 is 1.87 bits per heavy atom. The lowest BCUT2D eigenvalue weighted by atomic mass is 9.75. The number of benzene rings is 1. The van der Waals surface area contributed by atoms with Crippen LogP contribution in [0.15, 0.2) is 36.5 Å². The molecule has 2 aromatic rings. The topological polar surface area (TPSA) is 28.2 Å². The van der Waals surface area contributed by atoms with E-state index in [0.29, 0.717) is 16.6 Å². The number of nitrogens with one attached hydrogen (secondary N) is 1. The summed E-state index contributed by atoms with van der Waals surface area (Å²) in [5.74, 6) is 1.37. The summed E-state index contributed by atoms with van der Waals surface area (Å²) in [6, 6.07) is 7.55. The number of halogens is 3. The van der Waals surface area contributed by atoms with E-state index in [2.05, 4.69) is 15.2 Å². The molecule has 2 atom stereocenters. The number of pyridine rings is 1. The van der Waals surface area contributed by atoms with Crippen molar-refractivity contribution in [3.63, 3.8) is 0 Å². The molecule has 1 N–H and O–H groups in total. The first-order valence-corrected chi connectivity index (χ1v) is 10.9. The maximum Gasteiger partial charge on any atom is 0.416 e. The molecule has 1 saturated heterocycles. The molecule has 30 heavy (non-hydrogen) atoms. The number of anilines is 2. The van der Waals surface area contributed by atoms with Gasteiger partial charge in [0.25, 0.3) is 0 Å². The third-order valence-corrected chi connectivity index (χ3v) is 6.70. The zero-order valence-electron chi connectivity index (χ0n) is 17.0. The molecule has 0 radical (unpaired) electrons. The smallest absolute Gasteiger partial charge is 0.370 e. The van der Waals surface area contributed by atoms with Crippen molar-refractivity contribution in [3.05, 3.63) is 53.3 Å². The summed E-state index contributed by atoms with van der Waals surface area (Å²) in [7, 11) is 0. The first kappa shape index (κ1) is 21.1. The lowest BCUT2D eigenvalue weighted by Crippen LogP contribution is -2.42. The van der Waals surface area contributed by atoms with Crippen LogP contribution in [0.5, 0.6) is 0 Å². The van der Waals surface area contributed by atoms with Gasteiger partial charge in [0.05, 0.1) is 16.9 Å². The molecule has 2 fully saturated rings. The van der Waals surface area contributed by atoms with Gasteiger partial charge in [-0.05, 0) is 61.9 Å². The van der Waals surface area contributed by atoms with E-state index in [9.17, 15) is 13.2 Å². The van der Waals surface area contributed by atoms with E-state index in [1.165, 1.54) is 37.8 Å². The summed E-state index contributed by atoms with van der Waals surface area (Å²) < 4.78 is 40.2. The molecule has 1 aliphatic heterocycles. The SMILES string of the molecule is Cc1cc(C(=S)Nc2cc(C(F)(F)F)ccc2N2CC[C@@H]3CCCC[C@H]3C2)ccn1. The largest absolute Gasteiger partial charge is 0.416 e. The Morgan fingerprint density at radius 1 is 1.10 bits per heavy atom. The number of alkyl halides is 3. The normalized spacial score (nSPS) is 21.8. The van der Waals surface area contributed by atoms with E-state index >= 15 is 0 Å². The van der Waals surface area contributed by atoms with Crippen LogP contribution in [0.4, 0.5) is 24.5 Å². The molecule has 4 rings (SSSR count). The van der Waals surface area contributed by atoms with Gasteiger partial charge in [0.2, 0.25) is 0 Å². The minimum atomic E-state index is -4.40. The number of aryl methyl sites for hydroxylation is 1. The molecule has 0 unspecified atom stereocenters. The van der Waals surface area contributed by atoms with Crippen LogP contribution in [-0.2, 0) is 6.18 Å². The lowest BCUT2D eigenvalue weighted by molar-refractivity contribution is -0.137. The number of hydrogen-bond acceptors (Lipinski definition) is 3. The van der Waals surface area contributed by atoms with Gasteiger partial charge in [0.1, 0.15) is 4.99 Å². The highest BCUT2D eigenvalue weighted by atomic mass is 32.1. The van der Waals surface area contributed by atoms with Gasteiger partial charge in [-0.1, -0.05) is 31.5 Å². The monoisotopic (exact) mass is 433 g/mol. The summed E-state index contributed by atoms with van der Waals surface area (Å²) in [6.45, 7) is 3.62. The predicted octanol–water partition coefficient (Wildman–Crippen LogP) is 6.21. The van der Waals surface area contributed by atoms with Crippen LogP contribution >= 0.6 is 12.2 Å². The molecule has 160 valence electrons. The van der Waals surface area contributed by atoms with Gasteiger partial charge >= 0.3 is 6.18 Å². The zero-order valence-corrected chi connectivity index (χ0v) is 17.8. The maximum absolute atomic E-state index is 13.4. The molecule has 0 bridgehead atoms. The van der Waals surface area contributed by atoms with Gasteiger partial charge in [0.15, 0.2) is 0 Å². The van der Waals surface area contributed by atoms with Crippen LogP contribution in [-0.4, -0.2) is 23.1 Å². The molecule has 1 aliphatic carbocycles. The summed E-state index contributed by atoms with van der Waals surface area (Å²) in [6.07, 6.45) is 3.38. The standard InChI is InChI=1S/C23H26F3N3S/c1-15-12-17(8-10-27-15)22(30)28-20-13-19(23(24,25)26)6-7-21(20)29-11-9-16-4-2-3-5-18(16)14-29/h6-8,10,12-13,16,18H,2-5,9,11,14H2,1H3,(H,28,30)/t16-,18-/m0/s1. The van der Waals surface area contributed by atoms with E-state index in [4.69, 9.17) is 12.2 Å². The second-order valence-electron chi connectivity index (χ2n) is 8.41. The predicted molar refractivity (Wildman–Crippen MR) is 118 cm³/mol. The Bertz CT molecular complexity index is 928. The fourth-order valence-corrected chi connectivity index (χ4v) is 5.03. The summed E-state index contributed by atoms with van der Waals surface area (Å²) in [4.78, 5) is 6.79. The fourth-order valence-electron chi connectivity index (χ4n) is 4.79. The van der Waals surface area contributed by atoms with Crippen LogP contribution in [0.2, 0.25) is 0 Å². The zero-order chi connectivity index (χ0) is 21.3.